The van der Waals surface area contributed by atoms with Crippen LogP contribution < -0.4 is 5.76 Å². The van der Waals surface area contributed by atoms with Crippen LogP contribution in [0.25, 0.3) is 11.1 Å². The molecule has 3 nitrogen and oxygen atoms in total. The molecule has 2 aromatic rings. The summed E-state index contributed by atoms with van der Waals surface area (Å²) in [7, 11) is 0. The Bertz CT molecular complexity index is 574. The van der Waals surface area contributed by atoms with Crippen LogP contribution in [-0.4, -0.2) is 4.57 Å². The number of fused-ring (bicyclic) bond motifs is 1. The largest absolute Gasteiger partial charge is 0.420 e. The molecule has 1 aromatic carbocycles. The smallest absolute Gasteiger partial charge is 0.408 e. The normalized spacial score (nSPS) is 22.9. The maximum absolute atomic E-state index is 11.9. The lowest BCUT2D eigenvalue weighted by molar-refractivity contribution is 0.281. The fraction of sp³-hybridized carbons (Fsp3) is 0.562. The molecule has 1 saturated carbocycles. The Morgan fingerprint density at radius 2 is 1.74 bits per heavy atom. The van der Waals surface area contributed by atoms with Gasteiger partial charge in [-0.05, 0) is 43.7 Å². The van der Waals surface area contributed by atoms with Crippen LogP contribution in [0.3, 0.4) is 0 Å². The molecule has 0 saturated heterocycles. The summed E-state index contributed by atoms with van der Waals surface area (Å²) >= 11 is 0. The topological polar surface area (TPSA) is 35.1 Å². The van der Waals surface area contributed by atoms with Crippen molar-refractivity contribution in [2.24, 2.45) is 5.92 Å². The molecule has 0 unspecified atom stereocenters. The number of hydrogen-bond donors (Lipinski definition) is 0. The molecule has 1 heterocycles. The van der Waals surface area contributed by atoms with Gasteiger partial charge in [-0.25, -0.2) is 4.79 Å². The Hall–Kier alpha value is -1.51. The first-order chi connectivity index (χ1) is 9.25. The monoisotopic (exact) mass is 261 g/mol. The summed E-state index contributed by atoms with van der Waals surface area (Å²) in [4.78, 5) is 11.9. The van der Waals surface area contributed by atoms with Gasteiger partial charge < -0.3 is 4.42 Å². The standard InChI is InChI=1S/C14H17NO2.C2H6/c1-10-6-8-11(9-7-10)15-12-4-2-3-5-13(12)17-14(15)16;1-2/h2-5,10-11H,6-9H2,1H3;1-2H3. The van der Waals surface area contributed by atoms with Gasteiger partial charge in [-0.15, -0.1) is 0 Å². The molecule has 1 fully saturated rings. The van der Waals surface area contributed by atoms with Gasteiger partial charge in [-0.3, -0.25) is 4.57 Å². The molecule has 104 valence electrons. The number of oxazole rings is 1. The Morgan fingerprint density at radius 1 is 1.11 bits per heavy atom. The van der Waals surface area contributed by atoms with Crippen molar-refractivity contribution in [2.45, 2.75) is 52.5 Å². The summed E-state index contributed by atoms with van der Waals surface area (Å²) in [6.45, 7) is 6.28. The Morgan fingerprint density at radius 3 is 2.42 bits per heavy atom. The summed E-state index contributed by atoms with van der Waals surface area (Å²) in [6.07, 6.45) is 4.59. The lowest BCUT2D eigenvalue weighted by Gasteiger charge is -2.26. The van der Waals surface area contributed by atoms with Crippen molar-refractivity contribution < 1.29 is 4.42 Å². The van der Waals surface area contributed by atoms with Gasteiger partial charge in [0.15, 0.2) is 5.58 Å². The number of hydrogen-bond acceptors (Lipinski definition) is 2. The Labute approximate surface area is 114 Å². The fourth-order valence-electron chi connectivity index (χ4n) is 2.83. The molecule has 19 heavy (non-hydrogen) atoms. The van der Waals surface area contributed by atoms with Crippen molar-refractivity contribution in [3.05, 3.63) is 34.8 Å². The summed E-state index contributed by atoms with van der Waals surface area (Å²) in [5.74, 6) is 0.589. The van der Waals surface area contributed by atoms with E-state index in [2.05, 4.69) is 6.92 Å². The minimum atomic E-state index is -0.203. The number of para-hydroxylation sites is 2. The van der Waals surface area contributed by atoms with Crippen LogP contribution in [0.5, 0.6) is 0 Å². The Balaban J connectivity index is 0.000000637. The van der Waals surface area contributed by atoms with E-state index in [9.17, 15) is 4.79 Å². The van der Waals surface area contributed by atoms with Crippen LogP contribution in [-0.2, 0) is 0 Å². The number of benzene rings is 1. The van der Waals surface area contributed by atoms with Crippen LogP contribution in [0.2, 0.25) is 0 Å². The van der Waals surface area contributed by atoms with Gasteiger partial charge in [0.05, 0.1) is 5.52 Å². The highest BCUT2D eigenvalue weighted by molar-refractivity contribution is 5.72. The first-order valence-electron chi connectivity index (χ1n) is 7.36. The molecule has 0 radical (unpaired) electrons. The third-order valence-corrected chi connectivity index (χ3v) is 3.87. The van der Waals surface area contributed by atoms with Crippen molar-refractivity contribution in [3.8, 4) is 0 Å². The van der Waals surface area contributed by atoms with Crippen LogP contribution >= 0.6 is 0 Å². The molecular weight excluding hydrogens is 238 g/mol. The van der Waals surface area contributed by atoms with Gasteiger partial charge in [-0.2, -0.15) is 0 Å². The second kappa shape index (κ2) is 6.09. The average molecular weight is 261 g/mol. The summed E-state index contributed by atoms with van der Waals surface area (Å²) in [5, 5.41) is 0. The molecule has 0 amide bonds. The molecule has 0 spiro atoms. The molecule has 0 N–H and O–H groups in total. The molecule has 1 aliphatic carbocycles. The van der Waals surface area contributed by atoms with Gasteiger partial charge in [0.2, 0.25) is 0 Å². The van der Waals surface area contributed by atoms with E-state index >= 15 is 0 Å². The molecule has 3 rings (SSSR count). The van der Waals surface area contributed by atoms with Crippen LogP contribution in [0, 0.1) is 5.92 Å². The highest BCUT2D eigenvalue weighted by Crippen LogP contribution is 2.32. The highest BCUT2D eigenvalue weighted by atomic mass is 16.4. The van der Waals surface area contributed by atoms with Gasteiger partial charge in [0.1, 0.15) is 0 Å². The maximum atomic E-state index is 11.9. The summed E-state index contributed by atoms with van der Waals surface area (Å²) in [5.41, 5.74) is 1.65. The van der Waals surface area contributed by atoms with E-state index < -0.39 is 0 Å². The molecule has 1 aromatic heterocycles. The SMILES string of the molecule is CC.CC1CCC(n2c(=O)oc3ccccc32)CC1. The Kier molecular flexibility index (Phi) is 4.46. The van der Waals surface area contributed by atoms with Crippen LogP contribution in [0.4, 0.5) is 0 Å². The van der Waals surface area contributed by atoms with Gasteiger partial charge in [0.25, 0.3) is 0 Å². The van der Waals surface area contributed by atoms with Crippen molar-refractivity contribution >= 4 is 11.1 Å². The fourth-order valence-corrected chi connectivity index (χ4v) is 2.83. The van der Waals surface area contributed by atoms with Crippen molar-refractivity contribution in [1.82, 2.24) is 4.57 Å². The summed E-state index contributed by atoms with van der Waals surface area (Å²) < 4.78 is 7.13. The van der Waals surface area contributed by atoms with Gasteiger partial charge >= 0.3 is 5.76 Å². The molecule has 1 aliphatic rings. The lowest BCUT2D eigenvalue weighted by Crippen LogP contribution is -2.24. The van der Waals surface area contributed by atoms with E-state index in [0.717, 1.165) is 24.3 Å². The summed E-state index contributed by atoms with van der Waals surface area (Å²) in [6, 6.07) is 8.01. The first kappa shape index (κ1) is 13.9. The van der Waals surface area contributed by atoms with E-state index in [1.807, 2.05) is 42.7 Å². The number of rotatable bonds is 1. The molecule has 0 aliphatic heterocycles. The van der Waals surface area contributed by atoms with Crippen molar-refractivity contribution in [3.63, 3.8) is 0 Å². The molecule has 0 atom stereocenters. The minimum absolute atomic E-state index is 0.203. The molecular formula is C16H23NO2. The van der Waals surface area contributed by atoms with E-state index in [0.29, 0.717) is 11.6 Å². The van der Waals surface area contributed by atoms with Gasteiger partial charge in [-0.1, -0.05) is 32.9 Å². The third kappa shape index (κ3) is 2.75. The highest BCUT2D eigenvalue weighted by Gasteiger charge is 2.23. The van der Waals surface area contributed by atoms with Crippen molar-refractivity contribution in [1.29, 1.82) is 0 Å². The zero-order valence-electron chi connectivity index (χ0n) is 12.1. The molecule has 0 bridgehead atoms. The van der Waals surface area contributed by atoms with Crippen LogP contribution in [0.15, 0.2) is 33.5 Å². The predicted molar refractivity (Wildman–Crippen MR) is 78.5 cm³/mol. The quantitative estimate of drug-likeness (QED) is 0.764. The van der Waals surface area contributed by atoms with E-state index in [4.69, 9.17) is 4.42 Å². The third-order valence-electron chi connectivity index (χ3n) is 3.87. The zero-order valence-corrected chi connectivity index (χ0v) is 12.1. The van der Waals surface area contributed by atoms with Crippen LogP contribution in [0.1, 0.15) is 52.5 Å². The number of aromatic nitrogens is 1. The van der Waals surface area contributed by atoms with E-state index in [-0.39, 0.29) is 5.76 Å². The predicted octanol–water partition coefficient (Wildman–Crippen LogP) is 4.37. The number of nitrogens with zero attached hydrogens (tertiary/aromatic N) is 1. The minimum Gasteiger partial charge on any atom is -0.408 e. The molecule has 3 heteroatoms. The average Bonchev–Trinajstić information content (AvgIpc) is 2.78. The lowest BCUT2D eigenvalue weighted by atomic mass is 9.87. The second-order valence-corrected chi connectivity index (χ2v) is 5.12. The van der Waals surface area contributed by atoms with Gasteiger partial charge in [0, 0.05) is 6.04 Å². The van der Waals surface area contributed by atoms with E-state index in [1.165, 1.54) is 12.8 Å². The van der Waals surface area contributed by atoms with Crippen molar-refractivity contribution in [2.75, 3.05) is 0 Å². The zero-order chi connectivity index (χ0) is 13.8. The maximum Gasteiger partial charge on any atom is 0.420 e. The van der Waals surface area contributed by atoms with E-state index in [1.54, 1.807) is 0 Å². The second-order valence-electron chi connectivity index (χ2n) is 5.12. The first-order valence-corrected chi connectivity index (χ1v) is 7.36.